The van der Waals surface area contributed by atoms with Crippen molar-refractivity contribution in [2.45, 2.75) is 58.2 Å². The first-order valence-corrected chi connectivity index (χ1v) is 8.76. The topological polar surface area (TPSA) is 49.4 Å². The average molecular weight is 373 g/mol. The van der Waals surface area contributed by atoms with E-state index in [9.17, 15) is 9.59 Å². The average Bonchev–Trinajstić information content (AvgIpc) is 2.87. The van der Waals surface area contributed by atoms with Crippen LogP contribution in [0.15, 0.2) is 15.9 Å². The second kappa shape index (κ2) is 5.72. The zero-order chi connectivity index (χ0) is 15.8. The summed E-state index contributed by atoms with van der Waals surface area (Å²) in [6.45, 7) is 7.99. The highest BCUT2D eigenvalue weighted by molar-refractivity contribution is 9.11. The number of nitrogens with zero attached hydrogens (tertiary/aromatic N) is 1. The van der Waals surface area contributed by atoms with E-state index in [1.54, 1.807) is 23.2 Å². The quantitative estimate of drug-likeness (QED) is 0.881. The molecule has 6 heteroatoms. The standard InChI is InChI=1S/C15H21BrN2O2S/c1-5-14(3)13(20)18(9-10-7-8-11(16)21-10)15(4,6-2)12(19)17-14/h7-8H,5-6,9H2,1-4H3,(H,17,19). The molecule has 1 aliphatic rings. The predicted molar refractivity (Wildman–Crippen MR) is 88.1 cm³/mol. The van der Waals surface area contributed by atoms with E-state index in [0.717, 1.165) is 8.66 Å². The molecule has 4 nitrogen and oxygen atoms in total. The minimum atomic E-state index is -0.805. The van der Waals surface area contributed by atoms with Crippen LogP contribution in [-0.4, -0.2) is 27.8 Å². The molecule has 2 atom stereocenters. The van der Waals surface area contributed by atoms with Gasteiger partial charge in [0.2, 0.25) is 11.8 Å². The van der Waals surface area contributed by atoms with Crippen LogP contribution in [0.1, 0.15) is 45.4 Å². The van der Waals surface area contributed by atoms with Gasteiger partial charge in [0.25, 0.3) is 0 Å². The third kappa shape index (κ3) is 2.75. The molecular weight excluding hydrogens is 352 g/mol. The number of amides is 2. The summed E-state index contributed by atoms with van der Waals surface area (Å²) in [5.41, 5.74) is -1.59. The molecule has 0 bridgehead atoms. The lowest BCUT2D eigenvalue weighted by Crippen LogP contribution is -2.73. The van der Waals surface area contributed by atoms with Gasteiger partial charge in [-0.1, -0.05) is 13.8 Å². The summed E-state index contributed by atoms with van der Waals surface area (Å²) in [6, 6.07) is 3.96. The normalized spacial score (nSPS) is 29.7. The molecule has 2 amide bonds. The summed E-state index contributed by atoms with van der Waals surface area (Å²) >= 11 is 5.04. The first-order chi connectivity index (χ1) is 9.76. The van der Waals surface area contributed by atoms with Crippen molar-refractivity contribution >= 4 is 39.1 Å². The number of hydrogen-bond donors (Lipinski definition) is 1. The summed E-state index contributed by atoms with van der Waals surface area (Å²) in [5, 5.41) is 2.92. The second-order valence-corrected chi connectivity index (χ2v) is 8.41. The number of carbonyl (C=O) groups excluding carboxylic acids is 2. The molecule has 116 valence electrons. The predicted octanol–water partition coefficient (Wildman–Crippen LogP) is 3.31. The molecule has 0 spiro atoms. The van der Waals surface area contributed by atoms with Gasteiger partial charge in [-0.2, -0.15) is 0 Å². The Morgan fingerprint density at radius 2 is 1.90 bits per heavy atom. The number of halogens is 1. The first kappa shape index (κ1) is 16.5. The highest BCUT2D eigenvalue weighted by Crippen LogP contribution is 2.33. The Morgan fingerprint density at radius 1 is 1.24 bits per heavy atom. The molecule has 1 saturated heterocycles. The Hall–Kier alpha value is -0.880. The van der Waals surface area contributed by atoms with Crippen LogP contribution >= 0.6 is 27.3 Å². The number of rotatable bonds is 4. The zero-order valence-corrected chi connectivity index (χ0v) is 15.2. The van der Waals surface area contributed by atoms with Crippen molar-refractivity contribution in [3.8, 4) is 0 Å². The van der Waals surface area contributed by atoms with Crippen LogP contribution in [-0.2, 0) is 16.1 Å². The Kier molecular flexibility index (Phi) is 4.49. The van der Waals surface area contributed by atoms with Crippen molar-refractivity contribution in [2.75, 3.05) is 0 Å². The SMILES string of the molecule is CCC1(C)NC(=O)C(C)(CC)N(Cc2ccc(Br)s2)C1=O. The molecule has 21 heavy (non-hydrogen) atoms. The number of thiophene rings is 1. The van der Waals surface area contributed by atoms with Crippen molar-refractivity contribution in [1.82, 2.24) is 10.2 Å². The summed E-state index contributed by atoms with van der Waals surface area (Å²) < 4.78 is 1.03. The third-order valence-corrected chi connectivity index (χ3v) is 6.14. The van der Waals surface area contributed by atoms with E-state index >= 15 is 0 Å². The maximum absolute atomic E-state index is 12.9. The zero-order valence-electron chi connectivity index (χ0n) is 12.8. The van der Waals surface area contributed by atoms with E-state index in [2.05, 4.69) is 21.2 Å². The lowest BCUT2D eigenvalue weighted by molar-refractivity contribution is -0.162. The van der Waals surface area contributed by atoms with Gasteiger partial charge in [-0.05, 0) is 54.8 Å². The van der Waals surface area contributed by atoms with E-state index in [0.29, 0.717) is 19.4 Å². The van der Waals surface area contributed by atoms with E-state index < -0.39 is 11.1 Å². The van der Waals surface area contributed by atoms with E-state index in [1.165, 1.54) is 0 Å². The minimum Gasteiger partial charge on any atom is -0.340 e. The Labute approximate surface area is 138 Å². The number of nitrogens with one attached hydrogen (secondary N) is 1. The smallest absolute Gasteiger partial charge is 0.249 e. The summed E-state index contributed by atoms with van der Waals surface area (Å²) in [4.78, 5) is 28.3. The van der Waals surface area contributed by atoms with Gasteiger partial charge in [0.05, 0.1) is 10.3 Å². The second-order valence-electron chi connectivity index (χ2n) is 5.86. The largest absolute Gasteiger partial charge is 0.340 e. The fourth-order valence-electron chi connectivity index (χ4n) is 2.51. The van der Waals surface area contributed by atoms with Crippen molar-refractivity contribution in [2.24, 2.45) is 0 Å². The molecule has 2 rings (SSSR count). The van der Waals surface area contributed by atoms with Crippen molar-refractivity contribution < 1.29 is 9.59 Å². The molecule has 1 fully saturated rings. The fourth-order valence-corrected chi connectivity index (χ4v) is 3.99. The summed E-state index contributed by atoms with van der Waals surface area (Å²) in [7, 11) is 0. The molecule has 1 aliphatic heterocycles. The molecular formula is C15H21BrN2O2S. The Morgan fingerprint density at radius 3 is 2.38 bits per heavy atom. The summed E-state index contributed by atoms with van der Waals surface area (Å²) in [6.07, 6.45) is 1.18. The van der Waals surface area contributed by atoms with Crippen molar-refractivity contribution in [3.63, 3.8) is 0 Å². The summed E-state index contributed by atoms with van der Waals surface area (Å²) in [5.74, 6) is -0.0666. The van der Waals surface area contributed by atoms with E-state index in [1.807, 2.05) is 32.9 Å². The van der Waals surface area contributed by atoms with Crippen LogP contribution in [0, 0.1) is 0 Å². The van der Waals surface area contributed by atoms with Crippen molar-refractivity contribution in [1.29, 1.82) is 0 Å². The van der Waals surface area contributed by atoms with Crippen LogP contribution in [0.3, 0.4) is 0 Å². The van der Waals surface area contributed by atoms with Gasteiger partial charge in [0, 0.05) is 4.88 Å². The highest BCUT2D eigenvalue weighted by Gasteiger charge is 2.52. The van der Waals surface area contributed by atoms with Gasteiger partial charge >= 0.3 is 0 Å². The van der Waals surface area contributed by atoms with Crippen molar-refractivity contribution in [3.05, 3.63) is 20.8 Å². The molecule has 1 aromatic heterocycles. The number of hydrogen-bond acceptors (Lipinski definition) is 3. The number of piperazine rings is 1. The van der Waals surface area contributed by atoms with E-state index in [-0.39, 0.29) is 11.8 Å². The van der Waals surface area contributed by atoms with Gasteiger partial charge in [0.1, 0.15) is 11.1 Å². The molecule has 2 heterocycles. The highest BCUT2D eigenvalue weighted by atomic mass is 79.9. The molecule has 0 radical (unpaired) electrons. The van der Waals surface area contributed by atoms with Crippen LogP contribution in [0.2, 0.25) is 0 Å². The first-order valence-electron chi connectivity index (χ1n) is 7.15. The van der Waals surface area contributed by atoms with Gasteiger partial charge in [0.15, 0.2) is 0 Å². The van der Waals surface area contributed by atoms with Gasteiger partial charge in [-0.3, -0.25) is 9.59 Å². The maximum atomic E-state index is 12.9. The van der Waals surface area contributed by atoms with Crippen LogP contribution in [0.4, 0.5) is 0 Å². The van der Waals surface area contributed by atoms with Gasteiger partial charge in [-0.15, -0.1) is 11.3 Å². The minimum absolute atomic E-state index is 0.00141. The van der Waals surface area contributed by atoms with Crippen LogP contribution in [0.5, 0.6) is 0 Å². The lowest BCUT2D eigenvalue weighted by atomic mass is 9.84. The molecule has 0 aromatic carbocycles. The maximum Gasteiger partial charge on any atom is 0.249 e. The monoisotopic (exact) mass is 372 g/mol. The lowest BCUT2D eigenvalue weighted by Gasteiger charge is -2.49. The molecule has 1 N–H and O–H groups in total. The fraction of sp³-hybridized carbons (Fsp3) is 0.600. The van der Waals surface area contributed by atoms with Crippen LogP contribution in [0.25, 0.3) is 0 Å². The Balaban J connectivity index is 2.39. The van der Waals surface area contributed by atoms with Gasteiger partial charge in [-0.25, -0.2) is 0 Å². The number of carbonyl (C=O) groups is 2. The van der Waals surface area contributed by atoms with E-state index in [4.69, 9.17) is 0 Å². The Bertz CT molecular complexity index is 574. The third-order valence-electron chi connectivity index (χ3n) is 4.53. The molecule has 0 aliphatic carbocycles. The molecule has 2 unspecified atom stereocenters. The van der Waals surface area contributed by atoms with Gasteiger partial charge < -0.3 is 10.2 Å². The molecule has 1 aromatic rings. The van der Waals surface area contributed by atoms with Crippen LogP contribution < -0.4 is 5.32 Å². The molecule has 0 saturated carbocycles.